The standard InChI is InChI=1S/C97H85N9/c1-94(2,3)69-38-47-83-74(54-69)75-55-70(95(4,5)6)39-48-84(75)103(83)91-78(59-98)92(104-85-49-40-71(96(7,8)9)56-76(85)77-57-72(97(10,11)12)41-50-86(77)104)90(105-87-46-37-68(64-31-23-16-24-32-64)53-89(87)106-88-52-67(63-29-21-15-22-30-63)36-45-80(88)102-93(105)106)58-82(91)101-79-44-35-66(62-27-19-14-20-28-62)51-81(79)100-60-99-73-42-33-65(34-43-73)61-25-17-13-18-26-61/h13-58,60,101H,1-12H3,(H,99,100). The van der Waals surface area contributed by atoms with Gasteiger partial charge in [-0.05, 0) is 192 Å². The summed E-state index contributed by atoms with van der Waals surface area (Å²) in [5, 5.41) is 25.6. The Balaban J connectivity index is 1.03. The Kier molecular flexibility index (Phi) is 16.0. The average Bonchev–Trinajstić information content (AvgIpc) is 1.53. The van der Waals surface area contributed by atoms with Crippen LogP contribution >= 0.6 is 0 Å². The number of aromatic nitrogens is 5. The molecule has 0 amide bonds. The minimum Gasteiger partial charge on any atom is -0.352 e. The summed E-state index contributed by atoms with van der Waals surface area (Å²) in [5.41, 5.74) is 26.1. The Labute approximate surface area is 620 Å². The second-order valence-corrected chi connectivity index (χ2v) is 32.5. The molecule has 13 aromatic carbocycles. The molecule has 17 aromatic rings. The van der Waals surface area contributed by atoms with Crippen LogP contribution in [0.25, 0.3) is 133 Å². The number of hydrogen-bond acceptors (Lipinski definition) is 4. The van der Waals surface area contributed by atoms with Gasteiger partial charge < -0.3 is 19.8 Å². The lowest BCUT2D eigenvalue weighted by atomic mass is 9.85. The van der Waals surface area contributed by atoms with Gasteiger partial charge in [0.25, 0.3) is 0 Å². The molecule has 518 valence electrons. The highest BCUT2D eigenvalue weighted by atomic mass is 15.2. The first-order chi connectivity index (χ1) is 51.0. The van der Waals surface area contributed by atoms with Crippen molar-refractivity contribution in [2.45, 2.75) is 105 Å². The number of imidazole rings is 2. The molecule has 2 N–H and O–H groups in total. The highest BCUT2D eigenvalue weighted by molar-refractivity contribution is 6.13. The molecule has 17 rings (SSSR count). The van der Waals surface area contributed by atoms with Crippen LogP contribution in [0, 0.1) is 11.3 Å². The number of rotatable bonds is 12. The second kappa shape index (κ2) is 25.4. The van der Waals surface area contributed by atoms with Gasteiger partial charge in [0.1, 0.15) is 11.6 Å². The number of benzene rings is 13. The maximum absolute atomic E-state index is 13.3. The fourth-order valence-corrected chi connectivity index (χ4v) is 15.5. The smallest absolute Gasteiger partial charge is 0.220 e. The van der Waals surface area contributed by atoms with Crippen LogP contribution in [0.4, 0.5) is 22.7 Å². The number of fused-ring (bicyclic) bond motifs is 11. The predicted molar refractivity (Wildman–Crippen MR) is 447 cm³/mol. The van der Waals surface area contributed by atoms with Crippen molar-refractivity contribution < 1.29 is 0 Å². The van der Waals surface area contributed by atoms with Crippen LogP contribution < -0.4 is 10.6 Å². The van der Waals surface area contributed by atoms with Crippen LogP contribution in [-0.2, 0) is 21.7 Å². The summed E-state index contributed by atoms with van der Waals surface area (Å²) >= 11 is 0. The van der Waals surface area contributed by atoms with Crippen molar-refractivity contribution in [1.29, 1.82) is 5.26 Å². The van der Waals surface area contributed by atoms with Gasteiger partial charge in [0.2, 0.25) is 5.78 Å². The lowest BCUT2D eigenvalue weighted by Gasteiger charge is -2.25. The molecule has 0 radical (unpaired) electrons. The summed E-state index contributed by atoms with van der Waals surface area (Å²) in [4.78, 5) is 10.8. The summed E-state index contributed by atoms with van der Waals surface area (Å²) < 4.78 is 9.43. The zero-order valence-corrected chi connectivity index (χ0v) is 62.3. The molecule has 0 unspecified atom stereocenters. The number of anilines is 3. The van der Waals surface area contributed by atoms with Crippen LogP contribution in [-0.4, -0.2) is 29.4 Å². The summed E-state index contributed by atoms with van der Waals surface area (Å²) in [7, 11) is 0. The van der Waals surface area contributed by atoms with E-state index in [1.165, 1.54) is 22.3 Å². The Morgan fingerprint density at radius 1 is 0.340 bits per heavy atom. The van der Waals surface area contributed by atoms with Crippen molar-refractivity contribution in [3.05, 3.63) is 307 Å². The molecule has 0 aliphatic carbocycles. The fourth-order valence-electron chi connectivity index (χ4n) is 15.5. The maximum atomic E-state index is 13.3. The first-order valence-corrected chi connectivity index (χ1v) is 36.8. The van der Waals surface area contributed by atoms with Crippen LogP contribution in [0.1, 0.15) is 111 Å². The first-order valence-electron chi connectivity index (χ1n) is 36.8. The molecule has 0 saturated heterocycles. The zero-order valence-electron chi connectivity index (χ0n) is 62.3. The predicted octanol–water partition coefficient (Wildman–Crippen LogP) is 25.9. The van der Waals surface area contributed by atoms with E-state index in [1.54, 1.807) is 6.34 Å². The van der Waals surface area contributed by atoms with E-state index in [-0.39, 0.29) is 21.7 Å². The molecule has 106 heavy (non-hydrogen) atoms. The third-order valence-corrected chi connectivity index (χ3v) is 21.4. The molecule has 0 aliphatic heterocycles. The first kappa shape index (κ1) is 66.7. The van der Waals surface area contributed by atoms with E-state index in [1.807, 2.05) is 6.07 Å². The van der Waals surface area contributed by atoms with Crippen molar-refractivity contribution in [2.24, 2.45) is 4.99 Å². The average molecular weight is 1380 g/mol. The molecule has 0 fully saturated rings. The van der Waals surface area contributed by atoms with Gasteiger partial charge in [-0.1, -0.05) is 259 Å². The van der Waals surface area contributed by atoms with Gasteiger partial charge in [-0.15, -0.1) is 0 Å². The quantitative estimate of drug-likeness (QED) is 0.0942. The second-order valence-electron chi connectivity index (χ2n) is 32.5. The van der Waals surface area contributed by atoms with E-state index >= 15 is 0 Å². The highest BCUT2D eigenvalue weighted by Crippen LogP contribution is 2.49. The van der Waals surface area contributed by atoms with Crippen LogP contribution in [0.3, 0.4) is 0 Å². The van der Waals surface area contributed by atoms with Gasteiger partial charge in [0.05, 0.1) is 90.3 Å². The van der Waals surface area contributed by atoms with Gasteiger partial charge >= 0.3 is 0 Å². The number of nitrogens with one attached hydrogen (secondary N) is 2. The monoisotopic (exact) mass is 1380 g/mol. The number of nitrogens with zero attached hydrogens (tertiary/aromatic N) is 7. The molecular weight excluding hydrogens is 1290 g/mol. The summed E-state index contributed by atoms with van der Waals surface area (Å²) in [6.45, 7) is 27.4. The van der Waals surface area contributed by atoms with Crippen molar-refractivity contribution >= 4 is 101 Å². The minimum atomic E-state index is -0.172. The Bertz CT molecular complexity index is 6250. The van der Waals surface area contributed by atoms with E-state index in [2.05, 4.69) is 391 Å². The van der Waals surface area contributed by atoms with E-state index in [0.717, 1.165) is 133 Å². The Hall–Kier alpha value is -12.5. The lowest BCUT2D eigenvalue weighted by Crippen LogP contribution is -2.14. The van der Waals surface area contributed by atoms with Gasteiger partial charge in [-0.25, -0.2) is 9.98 Å². The van der Waals surface area contributed by atoms with Crippen LogP contribution in [0.2, 0.25) is 0 Å². The van der Waals surface area contributed by atoms with Gasteiger partial charge in [0, 0.05) is 21.5 Å². The normalized spacial score (nSPS) is 12.5. The van der Waals surface area contributed by atoms with Gasteiger partial charge in [-0.2, -0.15) is 5.26 Å². The molecule has 0 saturated carbocycles. The molecule has 0 atom stereocenters. The van der Waals surface area contributed by atoms with E-state index in [0.29, 0.717) is 28.4 Å². The number of hydrogen-bond donors (Lipinski definition) is 2. The molecule has 9 nitrogen and oxygen atoms in total. The van der Waals surface area contributed by atoms with Crippen molar-refractivity contribution in [3.8, 4) is 67.6 Å². The molecular formula is C97H85N9. The molecule has 0 spiro atoms. The summed E-state index contributed by atoms with van der Waals surface area (Å²) in [6, 6.07) is 104. The van der Waals surface area contributed by atoms with E-state index < -0.39 is 0 Å². The van der Waals surface area contributed by atoms with Crippen LogP contribution in [0.15, 0.2) is 284 Å². The van der Waals surface area contributed by atoms with Crippen LogP contribution in [0.5, 0.6) is 0 Å². The topological polar surface area (TPSA) is 92.3 Å². The van der Waals surface area contributed by atoms with Crippen molar-refractivity contribution in [2.75, 3.05) is 10.6 Å². The number of nitriles is 1. The van der Waals surface area contributed by atoms with Gasteiger partial charge in [-0.3, -0.25) is 8.97 Å². The Morgan fingerprint density at radius 3 is 1.18 bits per heavy atom. The lowest BCUT2D eigenvalue weighted by molar-refractivity contribution is 0.590. The highest BCUT2D eigenvalue weighted by Gasteiger charge is 2.33. The van der Waals surface area contributed by atoms with Crippen molar-refractivity contribution in [1.82, 2.24) is 23.1 Å². The minimum absolute atomic E-state index is 0.169. The summed E-state index contributed by atoms with van der Waals surface area (Å²) in [5.74, 6) is 0.693. The molecule has 4 heterocycles. The molecule has 4 aromatic heterocycles. The Morgan fingerprint density at radius 2 is 0.726 bits per heavy atom. The molecule has 0 aliphatic rings. The third kappa shape index (κ3) is 11.8. The van der Waals surface area contributed by atoms with Gasteiger partial charge in [0.15, 0.2) is 0 Å². The SMILES string of the molecule is CC(C)(C)c1ccc2c(c1)c1cc(C(C)(C)C)ccc1n2-c1c(Nc2ccc(-c3ccccc3)cc2NC=Nc2ccc(-c3ccccc3)cc2)cc(-n2c3ccc(-c4ccccc4)cc3n3c4cc(-c5ccccc5)ccc4nc23)c(-n2c3ccc(C(C)(C)C)cc3c3cc(C(C)(C)C)ccc32)c1C#N. The number of aliphatic imine (C=N–C) groups is 1. The van der Waals surface area contributed by atoms with E-state index in [4.69, 9.17) is 9.98 Å². The largest absolute Gasteiger partial charge is 0.352 e. The zero-order chi connectivity index (χ0) is 73.1. The van der Waals surface area contributed by atoms with Crippen molar-refractivity contribution in [3.63, 3.8) is 0 Å². The molecule has 0 bridgehead atoms. The maximum Gasteiger partial charge on any atom is 0.220 e. The van der Waals surface area contributed by atoms with E-state index in [9.17, 15) is 5.26 Å². The fraction of sp³-hybridized carbons (Fsp3) is 0.165. The molecule has 9 heteroatoms. The third-order valence-electron chi connectivity index (χ3n) is 21.4. The summed E-state index contributed by atoms with van der Waals surface area (Å²) in [6.07, 6.45) is 1.78.